The van der Waals surface area contributed by atoms with Gasteiger partial charge in [-0.05, 0) is 17.8 Å². The number of rotatable bonds is 7. The molecule has 1 aliphatic carbocycles. The van der Waals surface area contributed by atoms with E-state index in [-0.39, 0.29) is 0 Å². The summed E-state index contributed by atoms with van der Waals surface area (Å²) in [4.78, 5) is 0. The van der Waals surface area contributed by atoms with Gasteiger partial charge in [0.25, 0.3) is 0 Å². The van der Waals surface area contributed by atoms with E-state index in [1.54, 1.807) is 0 Å². The van der Waals surface area contributed by atoms with E-state index in [2.05, 4.69) is 20.8 Å². The zero-order valence-corrected chi connectivity index (χ0v) is 12.5. The maximum Gasteiger partial charge on any atom is -0.0388 e. The molecule has 0 spiro atoms. The molecule has 0 aromatic rings. The lowest BCUT2D eigenvalue weighted by Crippen LogP contribution is -2.11. The highest BCUT2D eigenvalue weighted by atomic mass is 14.2. The summed E-state index contributed by atoms with van der Waals surface area (Å²) in [5.74, 6) is 2.99. The minimum absolute atomic E-state index is 0.947. The van der Waals surface area contributed by atoms with E-state index >= 15 is 0 Å². The molecule has 2 unspecified atom stereocenters. The van der Waals surface area contributed by atoms with Crippen molar-refractivity contribution in [1.29, 1.82) is 0 Å². The van der Waals surface area contributed by atoms with E-state index in [0.29, 0.717) is 0 Å². The Balaban J connectivity index is 2.08. The highest BCUT2D eigenvalue weighted by Gasteiger charge is 2.18. The van der Waals surface area contributed by atoms with Crippen molar-refractivity contribution in [3.05, 3.63) is 0 Å². The number of hydrogen-bond acceptors (Lipinski definition) is 0. The first kappa shape index (κ1) is 15.1. The van der Waals surface area contributed by atoms with Crippen molar-refractivity contribution in [3.63, 3.8) is 0 Å². The topological polar surface area (TPSA) is 0 Å². The Hall–Kier alpha value is 0. The lowest BCUT2D eigenvalue weighted by atomic mass is 9.84. The molecule has 0 heterocycles. The van der Waals surface area contributed by atoms with E-state index < -0.39 is 0 Å². The summed E-state index contributed by atoms with van der Waals surface area (Å²) in [6.45, 7) is 7.23. The molecule has 0 nitrogen and oxygen atoms in total. The SMILES string of the molecule is CCC(C)CCCCC(C)C1CCCCCC1. The van der Waals surface area contributed by atoms with Crippen LogP contribution in [0.25, 0.3) is 0 Å². The minimum atomic E-state index is 0.947. The average molecular weight is 238 g/mol. The Labute approximate surface area is 110 Å². The summed E-state index contributed by atoms with van der Waals surface area (Å²) < 4.78 is 0. The van der Waals surface area contributed by atoms with Crippen LogP contribution in [0.4, 0.5) is 0 Å². The molecule has 0 radical (unpaired) electrons. The van der Waals surface area contributed by atoms with Gasteiger partial charge in [-0.25, -0.2) is 0 Å². The van der Waals surface area contributed by atoms with Gasteiger partial charge in [-0.3, -0.25) is 0 Å². The van der Waals surface area contributed by atoms with Crippen LogP contribution >= 0.6 is 0 Å². The van der Waals surface area contributed by atoms with E-state index in [0.717, 1.165) is 17.8 Å². The van der Waals surface area contributed by atoms with Crippen LogP contribution < -0.4 is 0 Å². The van der Waals surface area contributed by atoms with E-state index in [4.69, 9.17) is 0 Å². The summed E-state index contributed by atoms with van der Waals surface area (Å²) >= 11 is 0. The van der Waals surface area contributed by atoms with Crippen LogP contribution in [0, 0.1) is 17.8 Å². The molecule has 1 aliphatic rings. The van der Waals surface area contributed by atoms with Gasteiger partial charge in [0.2, 0.25) is 0 Å². The highest BCUT2D eigenvalue weighted by Crippen LogP contribution is 2.31. The van der Waals surface area contributed by atoms with Crippen molar-refractivity contribution < 1.29 is 0 Å². The maximum atomic E-state index is 2.51. The van der Waals surface area contributed by atoms with Crippen molar-refractivity contribution in [2.75, 3.05) is 0 Å². The van der Waals surface area contributed by atoms with Crippen LogP contribution in [0.15, 0.2) is 0 Å². The van der Waals surface area contributed by atoms with Crippen molar-refractivity contribution in [2.24, 2.45) is 17.8 Å². The Morgan fingerprint density at radius 2 is 1.47 bits per heavy atom. The maximum absolute atomic E-state index is 2.51. The molecule has 1 fully saturated rings. The van der Waals surface area contributed by atoms with Gasteiger partial charge in [0.05, 0.1) is 0 Å². The average Bonchev–Trinajstić information content (AvgIpc) is 2.62. The number of hydrogen-bond donors (Lipinski definition) is 0. The van der Waals surface area contributed by atoms with Gasteiger partial charge in [0, 0.05) is 0 Å². The molecule has 1 rings (SSSR count). The molecule has 0 amide bonds. The molecule has 1 saturated carbocycles. The van der Waals surface area contributed by atoms with Crippen LogP contribution in [-0.4, -0.2) is 0 Å². The van der Waals surface area contributed by atoms with Crippen molar-refractivity contribution in [2.45, 2.75) is 91.4 Å². The van der Waals surface area contributed by atoms with Crippen molar-refractivity contribution >= 4 is 0 Å². The third kappa shape index (κ3) is 6.48. The third-order valence-corrected chi connectivity index (χ3v) is 5.01. The zero-order valence-electron chi connectivity index (χ0n) is 12.5. The Morgan fingerprint density at radius 1 is 0.882 bits per heavy atom. The molecule has 0 aliphatic heterocycles. The number of unbranched alkanes of at least 4 members (excludes halogenated alkanes) is 1. The summed E-state index contributed by atoms with van der Waals surface area (Å²) in [6, 6.07) is 0. The van der Waals surface area contributed by atoms with Crippen molar-refractivity contribution in [3.8, 4) is 0 Å². The predicted octanol–water partition coefficient (Wildman–Crippen LogP) is 6.20. The molecule has 0 bridgehead atoms. The fourth-order valence-corrected chi connectivity index (χ4v) is 3.28. The summed E-state index contributed by atoms with van der Waals surface area (Å²) in [5.41, 5.74) is 0. The third-order valence-electron chi connectivity index (χ3n) is 5.01. The van der Waals surface area contributed by atoms with Gasteiger partial charge in [0.1, 0.15) is 0 Å². The molecule has 0 N–H and O–H groups in total. The molecule has 2 atom stereocenters. The molecule has 102 valence electrons. The van der Waals surface area contributed by atoms with Crippen molar-refractivity contribution in [1.82, 2.24) is 0 Å². The first-order chi connectivity index (χ1) is 8.24. The minimum Gasteiger partial charge on any atom is -0.0651 e. The fourth-order valence-electron chi connectivity index (χ4n) is 3.28. The molecule has 17 heavy (non-hydrogen) atoms. The molecular weight excluding hydrogens is 204 g/mol. The molecule has 0 heteroatoms. The predicted molar refractivity (Wildman–Crippen MR) is 78.3 cm³/mol. The standard InChI is InChI=1S/C17H34/c1-4-15(2)11-9-10-12-16(3)17-13-7-5-6-8-14-17/h15-17H,4-14H2,1-3H3. The van der Waals surface area contributed by atoms with Crippen LogP contribution in [0.1, 0.15) is 91.4 Å². The summed E-state index contributed by atoms with van der Waals surface area (Å²) in [7, 11) is 0. The van der Waals surface area contributed by atoms with E-state index in [9.17, 15) is 0 Å². The lowest BCUT2D eigenvalue weighted by molar-refractivity contribution is 0.292. The summed E-state index contributed by atoms with van der Waals surface area (Å²) in [5, 5.41) is 0. The quantitative estimate of drug-likeness (QED) is 0.366. The zero-order chi connectivity index (χ0) is 12.5. The van der Waals surface area contributed by atoms with E-state index in [1.807, 2.05) is 0 Å². The second-order valence-corrected chi connectivity index (χ2v) is 6.53. The smallest absolute Gasteiger partial charge is 0.0388 e. The van der Waals surface area contributed by atoms with Gasteiger partial charge < -0.3 is 0 Å². The second kappa shape index (κ2) is 9.00. The van der Waals surface area contributed by atoms with Crippen LogP contribution in [0.3, 0.4) is 0 Å². The van der Waals surface area contributed by atoms with Crippen LogP contribution in [-0.2, 0) is 0 Å². The first-order valence-electron chi connectivity index (χ1n) is 8.24. The lowest BCUT2D eigenvalue weighted by Gasteiger charge is -2.22. The van der Waals surface area contributed by atoms with Gasteiger partial charge >= 0.3 is 0 Å². The monoisotopic (exact) mass is 238 g/mol. The van der Waals surface area contributed by atoms with Gasteiger partial charge in [0.15, 0.2) is 0 Å². The Bertz CT molecular complexity index is 165. The summed E-state index contributed by atoms with van der Waals surface area (Å²) in [6.07, 6.45) is 16.3. The molecular formula is C17H34. The molecule has 0 saturated heterocycles. The van der Waals surface area contributed by atoms with Crippen LogP contribution in [0.2, 0.25) is 0 Å². The van der Waals surface area contributed by atoms with Gasteiger partial charge in [-0.1, -0.05) is 91.4 Å². The molecule has 0 aromatic carbocycles. The Morgan fingerprint density at radius 3 is 2.06 bits per heavy atom. The van der Waals surface area contributed by atoms with Gasteiger partial charge in [-0.15, -0.1) is 0 Å². The largest absolute Gasteiger partial charge is 0.0651 e. The second-order valence-electron chi connectivity index (χ2n) is 6.53. The van der Waals surface area contributed by atoms with E-state index in [1.165, 1.54) is 70.6 Å². The van der Waals surface area contributed by atoms with Gasteiger partial charge in [-0.2, -0.15) is 0 Å². The highest BCUT2D eigenvalue weighted by molar-refractivity contribution is 4.70. The molecule has 0 aromatic heterocycles. The first-order valence-corrected chi connectivity index (χ1v) is 8.24. The normalized spacial score (nSPS) is 22.1. The fraction of sp³-hybridized carbons (Fsp3) is 1.00. The van der Waals surface area contributed by atoms with Crippen LogP contribution in [0.5, 0.6) is 0 Å². The Kier molecular flexibility index (Phi) is 7.97.